The van der Waals surface area contributed by atoms with E-state index in [0.717, 1.165) is 12.1 Å². The number of halogens is 3. The molecule has 0 aliphatic rings. The van der Waals surface area contributed by atoms with Crippen LogP contribution in [0.3, 0.4) is 0 Å². The number of carbonyl (C=O) groups is 1. The van der Waals surface area contributed by atoms with Crippen molar-refractivity contribution < 1.29 is 18.0 Å². The Morgan fingerprint density at radius 1 is 1.18 bits per heavy atom. The van der Waals surface area contributed by atoms with Gasteiger partial charge in [0, 0.05) is 18.0 Å². The van der Waals surface area contributed by atoms with Gasteiger partial charge in [0.05, 0.1) is 5.69 Å². The number of Topliss-reactive ketones (excluding diaryl/α,β-unsaturated/α-hetero) is 1. The van der Waals surface area contributed by atoms with Crippen LogP contribution in [0.15, 0.2) is 42.7 Å². The molecule has 0 aliphatic carbocycles. The molecule has 0 spiro atoms. The van der Waals surface area contributed by atoms with Crippen LogP contribution in [-0.4, -0.2) is 21.7 Å². The average molecular weight is 240 g/mol. The molecule has 1 aromatic heterocycles. The van der Waals surface area contributed by atoms with Crippen molar-refractivity contribution in [3.63, 3.8) is 0 Å². The van der Waals surface area contributed by atoms with Crippen molar-refractivity contribution in [1.82, 2.24) is 9.78 Å². The van der Waals surface area contributed by atoms with Crippen LogP contribution < -0.4 is 0 Å². The molecule has 0 N–H and O–H groups in total. The summed E-state index contributed by atoms with van der Waals surface area (Å²) in [7, 11) is 0. The van der Waals surface area contributed by atoms with Gasteiger partial charge in [0.2, 0.25) is 0 Å². The molecule has 17 heavy (non-hydrogen) atoms. The van der Waals surface area contributed by atoms with Gasteiger partial charge in [0.25, 0.3) is 5.78 Å². The van der Waals surface area contributed by atoms with Gasteiger partial charge in [-0.2, -0.15) is 18.3 Å². The van der Waals surface area contributed by atoms with Crippen molar-refractivity contribution in [3.05, 3.63) is 48.3 Å². The Labute approximate surface area is 94.5 Å². The molecule has 0 saturated carbocycles. The summed E-state index contributed by atoms with van der Waals surface area (Å²) < 4.78 is 37.9. The predicted molar refractivity (Wildman–Crippen MR) is 53.9 cm³/mol. The van der Waals surface area contributed by atoms with Gasteiger partial charge in [-0.3, -0.25) is 4.79 Å². The molecule has 1 aromatic carbocycles. The second-order valence-corrected chi connectivity index (χ2v) is 3.32. The molecule has 0 bridgehead atoms. The van der Waals surface area contributed by atoms with Gasteiger partial charge in [-0.1, -0.05) is 0 Å². The Balaban J connectivity index is 2.28. The largest absolute Gasteiger partial charge is 0.454 e. The number of hydrogen-bond donors (Lipinski definition) is 0. The monoisotopic (exact) mass is 240 g/mol. The molecule has 0 atom stereocenters. The van der Waals surface area contributed by atoms with E-state index in [4.69, 9.17) is 0 Å². The minimum Gasteiger partial charge on any atom is -0.284 e. The maximum atomic E-state index is 12.1. The fourth-order valence-electron chi connectivity index (χ4n) is 1.35. The van der Waals surface area contributed by atoms with Crippen molar-refractivity contribution in [2.24, 2.45) is 0 Å². The fourth-order valence-corrected chi connectivity index (χ4v) is 1.35. The average Bonchev–Trinajstić information content (AvgIpc) is 2.80. The zero-order valence-electron chi connectivity index (χ0n) is 8.48. The molecule has 1 heterocycles. The van der Waals surface area contributed by atoms with Crippen molar-refractivity contribution in [1.29, 1.82) is 0 Å². The fraction of sp³-hybridized carbons (Fsp3) is 0.0909. The Bertz CT molecular complexity index is 515. The lowest BCUT2D eigenvalue weighted by atomic mass is 10.1. The highest BCUT2D eigenvalue weighted by Gasteiger charge is 2.39. The standard InChI is InChI=1S/C11H7F3N2O/c12-11(13,14)10(17)8-2-4-9(5-3-8)16-7-1-6-15-16/h1-7H. The number of ketones is 1. The van der Waals surface area contributed by atoms with Crippen LogP contribution >= 0.6 is 0 Å². The Kier molecular flexibility index (Phi) is 2.71. The van der Waals surface area contributed by atoms with Gasteiger partial charge in [0.1, 0.15) is 0 Å². The third kappa shape index (κ3) is 2.35. The lowest BCUT2D eigenvalue weighted by Gasteiger charge is -2.06. The van der Waals surface area contributed by atoms with E-state index in [1.165, 1.54) is 16.8 Å². The number of aromatic nitrogens is 2. The topological polar surface area (TPSA) is 34.9 Å². The molecule has 0 fully saturated rings. The summed E-state index contributed by atoms with van der Waals surface area (Å²) in [6, 6.07) is 6.77. The third-order valence-electron chi connectivity index (χ3n) is 2.16. The summed E-state index contributed by atoms with van der Waals surface area (Å²) in [6.45, 7) is 0. The van der Waals surface area contributed by atoms with Gasteiger partial charge in [-0.25, -0.2) is 4.68 Å². The van der Waals surface area contributed by atoms with Crippen LogP contribution in [0.4, 0.5) is 13.2 Å². The van der Waals surface area contributed by atoms with Crippen molar-refractivity contribution in [3.8, 4) is 5.69 Å². The van der Waals surface area contributed by atoms with Gasteiger partial charge >= 0.3 is 6.18 Å². The van der Waals surface area contributed by atoms with E-state index in [0.29, 0.717) is 5.69 Å². The summed E-state index contributed by atoms with van der Waals surface area (Å²) in [4.78, 5) is 10.9. The maximum Gasteiger partial charge on any atom is 0.454 e. The first-order chi connectivity index (χ1) is 7.98. The van der Waals surface area contributed by atoms with Gasteiger partial charge < -0.3 is 0 Å². The first kappa shape index (κ1) is 11.4. The lowest BCUT2D eigenvalue weighted by molar-refractivity contribution is -0.0885. The number of carbonyl (C=O) groups excluding carboxylic acids is 1. The van der Waals surface area contributed by atoms with Crippen molar-refractivity contribution in [2.75, 3.05) is 0 Å². The number of benzene rings is 1. The number of alkyl halides is 3. The normalized spacial score (nSPS) is 11.5. The summed E-state index contributed by atoms with van der Waals surface area (Å²) in [5.74, 6) is -1.84. The molecule has 0 radical (unpaired) electrons. The quantitative estimate of drug-likeness (QED) is 0.756. The highest BCUT2D eigenvalue weighted by atomic mass is 19.4. The summed E-state index contributed by atoms with van der Waals surface area (Å²) >= 11 is 0. The molecule has 2 rings (SSSR count). The van der Waals surface area contributed by atoms with Crippen LogP contribution in [0.2, 0.25) is 0 Å². The van der Waals surface area contributed by atoms with Crippen molar-refractivity contribution >= 4 is 5.78 Å². The van der Waals surface area contributed by atoms with E-state index in [1.807, 2.05) is 0 Å². The van der Waals surface area contributed by atoms with Crippen LogP contribution in [0.5, 0.6) is 0 Å². The molecule has 88 valence electrons. The molecule has 0 saturated heterocycles. The number of hydrogen-bond acceptors (Lipinski definition) is 2. The van der Waals surface area contributed by atoms with Crippen LogP contribution in [0.1, 0.15) is 10.4 Å². The summed E-state index contributed by atoms with van der Waals surface area (Å²) in [6.07, 6.45) is -1.64. The highest BCUT2D eigenvalue weighted by Crippen LogP contribution is 2.22. The van der Waals surface area contributed by atoms with E-state index in [1.54, 1.807) is 18.5 Å². The molecule has 3 nitrogen and oxygen atoms in total. The van der Waals surface area contributed by atoms with Crippen LogP contribution in [0.25, 0.3) is 5.69 Å². The second kappa shape index (κ2) is 4.04. The lowest BCUT2D eigenvalue weighted by Crippen LogP contribution is -2.22. The second-order valence-electron chi connectivity index (χ2n) is 3.32. The van der Waals surface area contributed by atoms with Gasteiger partial charge in [-0.05, 0) is 30.3 Å². The Morgan fingerprint density at radius 2 is 1.82 bits per heavy atom. The zero-order chi connectivity index (χ0) is 12.5. The SMILES string of the molecule is O=C(c1ccc(-n2cccn2)cc1)C(F)(F)F. The minimum absolute atomic E-state index is 0.381. The molecule has 2 aromatic rings. The predicted octanol–water partition coefficient (Wildman–Crippen LogP) is 2.62. The van der Waals surface area contributed by atoms with Gasteiger partial charge in [0.15, 0.2) is 0 Å². The zero-order valence-corrected chi connectivity index (χ0v) is 8.48. The highest BCUT2D eigenvalue weighted by molar-refractivity contribution is 6.00. The Hall–Kier alpha value is -2.11. The summed E-state index contributed by atoms with van der Waals surface area (Å²) in [5.41, 5.74) is 0.210. The third-order valence-corrected chi connectivity index (χ3v) is 2.16. The summed E-state index contributed by atoms with van der Waals surface area (Å²) in [5, 5.41) is 3.92. The number of nitrogens with zero attached hydrogens (tertiary/aromatic N) is 2. The van der Waals surface area contributed by atoms with Crippen LogP contribution in [0, 0.1) is 0 Å². The molecule has 6 heteroatoms. The Morgan fingerprint density at radius 3 is 2.29 bits per heavy atom. The van der Waals surface area contributed by atoms with E-state index in [9.17, 15) is 18.0 Å². The van der Waals surface area contributed by atoms with E-state index in [2.05, 4.69) is 5.10 Å². The molecular weight excluding hydrogens is 233 g/mol. The van der Waals surface area contributed by atoms with E-state index >= 15 is 0 Å². The van der Waals surface area contributed by atoms with Crippen molar-refractivity contribution in [2.45, 2.75) is 6.18 Å². The first-order valence-corrected chi connectivity index (χ1v) is 4.70. The smallest absolute Gasteiger partial charge is 0.284 e. The molecule has 0 unspecified atom stereocenters. The van der Waals surface area contributed by atoms with E-state index in [-0.39, 0.29) is 5.56 Å². The first-order valence-electron chi connectivity index (χ1n) is 4.70. The minimum atomic E-state index is -4.84. The molecule has 0 aliphatic heterocycles. The maximum absolute atomic E-state index is 12.1. The molecule has 0 amide bonds. The molecular formula is C11H7F3N2O. The number of rotatable bonds is 2. The van der Waals surface area contributed by atoms with E-state index < -0.39 is 12.0 Å². The van der Waals surface area contributed by atoms with Gasteiger partial charge in [-0.15, -0.1) is 0 Å². The van der Waals surface area contributed by atoms with Crippen LogP contribution in [-0.2, 0) is 0 Å².